The van der Waals surface area contributed by atoms with Crippen LogP contribution in [0.3, 0.4) is 0 Å². The lowest BCUT2D eigenvalue weighted by Crippen LogP contribution is -2.21. The molecule has 1 amide bonds. The van der Waals surface area contributed by atoms with E-state index in [0.29, 0.717) is 6.54 Å². The van der Waals surface area contributed by atoms with E-state index in [-0.39, 0.29) is 5.91 Å². The molecule has 0 aromatic heterocycles. The molecule has 0 saturated carbocycles. The van der Waals surface area contributed by atoms with Crippen molar-refractivity contribution < 1.29 is 4.79 Å². The van der Waals surface area contributed by atoms with Crippen molar-refractivity contribution in [2.45, 2.75) is 25.9 Å². The Labute approximate surface area is 108 Å². The molecule has 0 aliphatic carbocycles. The van der Waals surface area contributed by atoms with Gasteiger partial charge in [-0.2, -0.15) is 0 Å². The first-order chi connectivity index (χ1) is 8.78. The second-order valence-electron chi connectivity index (χ2n) is 4.73. The standard InChI is InChI=1S/C15H20N2O/c1-2-15(18)16-11-13-6-5-7-14(10-13)12-17-8-3-4-9-17/h2,5-7,10H,1,3-4,8-9,11-12H2,(H,16,18). The molecule has 1 aromatic rings. The highest BCUT2D eigenvalue weighted by atomic mass is 16.1. The Balaban J connectivity index is 1.91. The smallest absolute Gasteiger partial charge is 0.243 e. The zero-order valence-electron chi connectivity index (χ0n) is 10.7. The summed E-state index contributed by atoms with van der Waals surface area (Å²) in [6, 6.07) is 8.41. The average Bonchev–Trinajstić information content (AvgIpc) is 2.89. The maximum Gasteiger partial charge on any atom is 0.243 e. The van der Waals surface area contributed by atoms with Crippen LogP contribution in [0.25, 0.3) is 0 Å². The molecule has 1 N–H and O–H groups in total. The fraction of sp³-hybridized carbons (Fsp3) is 0.400. The van der Waals surface area contributed by atoms with Gasteiger partial charge in [0, 0.05) is 13.1 Å². The van der Waals surface area contributed by atoms with E-state index >= 15 is 0 Å². The van der Waals surface area contributed by atoms with Crippen LogP contribution in [-0.2, 0) is 17.9 Å². The second kappa shape index (κ2) is 6.36. The number of nitrogens with one attached hydrogen (secondary N) is 1. The Morgan fingerprint density at radius 1 is 1.33 bits per heavy atom. The molecule has 1 aromatic carbocycles. The number of likely N-dealkylation sites (tertiary alicyclic amines) is 1. The van der Waals surface area contributed by atoms with E-state index in [4.69, 9.17) is 0 Å². The first kappa shape index (κ1) is 12.8. The van der Waals surface area contributed by atoms with Gasteiger partial charge in [-0.1, -0.05) is 30.8 Å². The van der Waals surface area contributed by atoms with Gasteiger partial charge < -0.3 is 5.32 Å². The molecule has 0 atom stereocenters. The fourth-order valence-electron chi connectivity index (χ4n) is 2.30. The SMILES string of the molecule is C=CC(=O)NCc1cccc(CN2CCCC2)c1. The summed E-state index contributed by atoms with van der Waals surface area (Å²) in [4.78, 5) is 13.6. The highest BCUT2D eigenvalue weighted by Crippen LogP contribution is 2.13. The molecule has 1 fully saturated rings. The molecule has 96 valence electrons. The van der Waals surface area contributed by atoms with Crippen molar-refractivity contribution in [2.75, 3.05) is 13.1 Å². The summed E-state index contributed by atoms with van der Waals surface area (Å²) >= 11 is 0. The molecule has 0 bridgehead atoms. The van der Waals surface area contributed by atoms with Gasteiger partial charge in [-0.05, 0) is 43.1 Å². The number of benzene rings is 1. The third-order valence-corrected chi connectivity index (χ3v) is 3.25. The topological polar surface area (TPSA) is 32.3 Å². The van der Waals surface area contributed by atoms with Gasteiger partial charge in [-0.3, -0.25) is 9.69 Å². The molecule has 0 radical (unpaired) electrons. The molecule has 1 aliphatic rings. The monoisotopic (exact) mass is 244 g/mol. The van der Waals surface area contributed by atoms with Crippen LogP contribution in [0.2, 0.25) is 0 Å². The zero-order chi connectivity index (χ0) is 12.8. The van der Waals surface area contributed by atoms with Crippen LogP contribution in [0.15, 0.2) is 36.9 Å². The molecule has 3 nitrogen and oxygen atoms in total. The molecule has 3 heteroatoms. The molecule has 1 aliphatic heterocycles. The Morgan fingerprint density at radius 3 is 2.78 bits per heavy atom. The van der Waals surface area contributed by atoms with Crippen molar-refractivity contribution in [3.8, 4) is 0 Å². The minimum Gasteiger partial charge on any atom is -0.348 e. The van der Waals surface area contributed by atoms with Gasteiger partial charge in [-0.25, -0.2) is 0 Å². The van der Waals surface area contributed by atoms with Crippen LogP contribution < -0.4 is 5.32 Å². The molecular formula is C15H20N2O. The third kappa shape index (κ3) is 3.70. The molecular weight excluding hydrogens is 224 g/mol. The highest BCUT2D eigenvalue weighted by molar-refractivity contribution is 5.86. The normalized spacial score (nSPS) is 15.6. The first-order valence-electron chi connectivity index (χ1n) is 6.48. The molecule has 1 saturated heterocycles. The third-order valence-electron chi connectivity index (χ3n) is 3.25. The van der Waals surface area contributed by atoms with Crippen molar-refractivity contribution in [2.24, 2.45) is 0 Å². The van der Waals surface area contributed by atoms with Crippen molar-refractivity contribution in [3.63, 3.8) is 0 Å². The number of rotatable bonds is 5. The molecule has 18 heavy (non-hydrogen) atoms. The maximum absolute atomic E-state index is 11.1. The number of hydrogen-bond acceptors (Lipinski definition) is 2. The molecule has 1 heterocycles. The summed E-state index contributed by atoms with van der Waals surface area (Å²) in [5.74, 6) is -0.125. The van der Waals surface area contributed by atoms with Crippen LogP contribution in [0.5, 0.6) is 0 Å². The van der Waals surface area contributed by atoms with Crippen LogP contribution in [-0.4, -0.2) is 23.9 Å². The van der Waals surface area contributed by atoms with E-state index in [1.165, 1.54) is 37.6 Å². The predicted octanol–water partition coefficient (Wildman–Crippen LogP) is 2.08. The Morgan fingerprint density at radius 2 is 2.06 bits per heavy atom. The van der Waals surface area contributed by atoms with Crippen LogP contribution >= 0.6 is 0 Å². The van der Waals surface area contributed by atoms with E-state index in [2.05, 4.69) is 35.0 Å². The van der Waals surface area contributed by atoms with Crippen molar-refractivity contribution in [1.82, 2.24) is 10.2 Å². The number of carbonyl (C=O) groups is 1. The summed E-state index contributed by atoms with van der Waals surface area (Å²) < 4.78 is 0. The van der Waals surface area contributed by atoms with E-state index in [1.54, 1.807) is 0 Å². The summed E-state index contributed by atoms with van der Waals surface area (Å²) in [5, 5.41) is 2.80. The Hall–Kier alpha value is -1.61. The minimum atomic E-state index is -0.125. The number of nitrogens with zero attached hydrogens (tertiary/aromatic N) is 1. The maximum atomic E-state index is 11.1. The Kier molecular flexibility index (Phi) is 4.53. The minimum absolute atomic E-state index is 0.125. The quantitative estimate of drug-likeness (QED) is 0.804. The van der Waals surface area contributed by atoms with Crippen molar-refractivity contribution >= 4 is 5.91 Å². The van der Waals surface area contributed by atoms with Gasteiger partial charge in [-0.15, -0.1) is 0 Å². The average molecular weight is 244 g/mol. The molecule has 0 unspecified atom stereocenters. The number of hydrogen-bond donors (Lipinski definition) is 1. The predicted molar refractivity (Wildman–Crippen MR) is 73.0 cm³/mol. The van der Waals surface area contributed by atoms with Gasteiger partial charge in [0.05, 0.1) is 0 Å². The van der Waals surface area contributed by atoms with Gasteiger partial charge in [0.25, 0.3) is 0 Å². The van der Waals surface area contributed by atoms with Crippen molar-refractivity contribution in [3.05, 3.63) is 48.0 Å². The van der Waals surface area contributed by atoms with E-state index in [9.17, 15) is 4.79 Å². The first-order valence-corrected chi connectivity index (χ1v) is 6.48. The fourth-order valence-corrected chi connectivity index (χ4v) is 2.30. The number of amides is 1. The van der Waals surface area contributed by atoms with Gasteiger partial charge in [0.15, 0.2) is 0 Å². The largest absolute Gasteiger partial charge is 0.348 e. The van der Waals surface area contributed by atoms with Crippen LogP contribution in [0.4, 0.5) is 0 Å². The summed E-state index contributed by atoms with van der Waals surface area (Å²) in [5.41, 5.74) is 2.46. The van der Waals surface area contributed by atoms with E-state index in [1.807, 2.05) is 6.07 Å². The highest BCUT2D eigenvalue weighted by Gasteiger charge is 2.11. The lowest BCUT2D eigenvalue weighted by atomic mass is 10.1. The van der Waals surface area contributed by atoms with Gasteiger partial charge in [0.2, 0.25) is 5.91 Å². The summed E-state index contributed by atoms with van der Waals surface area (Å²) in [6.07, 6.45) is 3.93. The summed E-state index contributed by atoms with van der Waals surface area (Å²) in [7, 11) is 0. The Bertz CT molecular complexity index is 422. The van der Waals surface area contributed by atoms with Gasteiger partial charge >= 0.3 is 0 Å². The van der Waals surface area contributed by atoms with Crippen molar-refractivity contribution in [1.29, 1.82) is 0 Å². The van der Waals surface area contributed by atoms with E-state index in [0.717, 1.165) is 12.1 Å². The zero-order valence-corrected chi connectivity index (χ0v) is 10.7. The van der Waals surface area contributed by atoms with Gasteiger partial charge in [0.1, 0.15) is 0 Å². The van der Waals surface area contributed by atoms with E-state index < -0.39 is 0 Å². The van der Waals surface area contributed by atoms with Crippen LogP contribution in [0, 0.1) is 0 Å². The molecule has 0 spiro atoms. The number of carbonyl (C=O) groups excluding carboxylic acids is 1. The lowest BCUT2D eigenvalue weighted by molar-refractivity contribution is -0.116. The summed E-state index contributed by atoms with van der Waals surface area (Å²) in [6.45, 7) is 7.44. The van der Waals surface area contributed by atoms with Crippen LogP contribution in [0.1, 0.15) is 24.0 Å². The second-order valence-corrected chi connectivity index (χ2v) is 4.73. The lowest BCUT2D eigenvalue weighted by Gasteiger charge is -2.15. The molecule has 2 rings (SSSR count).